The van der Waals surface area contributed by atoms with Crippen LogP contribution in [0.5, 0.6) is 0 Å². The summed E-state index contributed by atoms with van der Waals surface area (Å²) in [4.78, 5) is 4.65. The van der Waals surface area contributed by atoms with Crippen molar-refractivity contribution in [3.05, 3.63) is 47.1 Å². The van der Waals surface area contributed by atoms with Crippen LogP contribution in [0, 0.1) is 18.8 Å². The van der Waals surface area contributed by atoms with Crippen molar-refractivity contribution in [1.29, 1.82) is 0 Å². The van der Waals surface area contributed by atoms with Crippen molar-refractivity contribution in [3.63, 3.8) is 0 Å². The van der Waals surface area contributed by atoms with Crippen LogP contribution in [-0.4, -0.2) is 16.7 Å². The summed E-state index contributed by atoms with van der Waals surface area (Å²) in [6.07, 6.45) is 4.73. The van der Waals surface area contributed by atoms with Gasteiger partial charge in [0.25, 0.3) is 0 Å². The molecule has 4 heteroatoms. The summed E-state index contributed by atoms with van der Waals surface area (Å²) >= 11 is 0. The van der Waals surface area contributed by atoms with Crippen molar-refractivity contribution >= 4 is 0 Å². The second-order valence-electron chi connectivity index (χ2n) is 6.39. The van der Waals surface area contributed by atoms with Gasteiger partial charge in [0, 0.05) is 6.42 Å². The fourth-order valence-corrected chi connectivity index (χ4v) is 3.90. The number of aryl methyl sites for hydroxylation is 1. The molecule has 21 heavy (non-hydrogen) atoms. The van der Waals surface area contributed by atoms with E-state index in [4.69, 9.17) is 4.52 Å². The van der Waals surface area contributed by atoms with E-state index in [1.54, 1.807) is 0 Å². The van der Waals surface area contributed by atoms with Gasteiger partial charge in [-0.15, -0.1) is 0 Å². The van der Waals surface area contributed by atoms with E-state index in [1.165, 1.54) is 30.4 Å². The Balaban J connectivity index is 1.52. The summed E-state index contributed by atoms with van der Waals surface area (Å²) in [6.45, 7) is 3.23. The molecule has 1 aromatic carbocycles. The molecule has 3 unspecified atom stereocenters. The summed E-state index contributed by atoms with van der Waals surface area (Å²) < 4.78 is 5.55. The summed E-state index contributed by atoms with van der Waals surface area (Å²) in [6, 6.07) is 8.65. The minimum atomic E-state index is 0.274. The summed E-state index contributed by atoms with van der Waals surface area (Å²) in [5.74, 6) is 3.08. The van der Waals surface area contributed by atoms with E-state index < -0.39 is 0 Å². The number of rotatable bonds is 3. The van der Waals surface area contributed by atoms with Gasteiger partial charge >= 0.3 is 0 Å². The average Bonchev–Trinajstić information content (AvgIpc) is 3.17. The molecular formula is C17H21N3O. The molecule has 1 saturated carbocycles. The van der Waals surface area contributed by atoms with Gasteiger partial charge in [-0.3, -0.25) is 0 Å². The van der Waals surface area contributed by atoms with E-state index in [1.807, 2.05) is 0 Å². The highest BCUT2D eigenvalue weighted by Crippen LogP contribution is 2.43. The third kappa shape index (κ3) is 2.38. The van der Waals surface area contributed by atoms with Crippen LogP contribution < -0.4 is 5.32 Å². The molecule has 1 aliphatic carbocycles. The Kier molecular flexibility index (Phi) is 3.26. The van der Waals surface area contributed by atoms with E-state index in [-0.39, 0.29) is 6.04 Å². The molecule has 1 N–H and O–H groups in total. The molecule has 4 rings (SSSR count). The Hall–Kier alpha value is -1.68. The minimum absolute atomic E-state index is 0.274. The molecule has 110 valence electrons. The van der Waals surface area contributed by atoms with Crippen LogP contribution in [0.1, 0.15) is 48.1 Å². The Morgan fingerprint density at radius 1 is 1.29 bits per heavy atom. The molecule has 2 aromatic rings. The number of nitrogens with zero attached hydrogens (tertiary/aromatic N) is 2. The Morgan fingerprint density at radius 3 is 3.10 bits per heavy atom. The van der Waals surface area contributed by atoms with E-state index in [2.05, 4.69) is 46.6 Å². The molecule has 0 bridgehead atoms. The molecular weight excluding hydrogens is 262 g/mol. The predicted octanol–water partition coefficient (Wildman–Crippen LogP) is 3.03. The van der Waals surface area contributed by atoms with E-state index in [0.717, 1.165) is 30.6 Å². The van der Waals surface area contributed by atoms with Gasteiger partial charge in [0.15, 0.2) is 5.82 Å². The van der Waals surface area contributed by atoms with Crippen molar-refractivity contribution in [1.82, 2.24) is 15.5 Å². The lowest BCUT2D eigenvalue weighted by atomic mass is 9.94. The zero-order valence-corrected chi connectivity index (χ0v) is 12.4. The Morgan fingerprint density at radius 2 is 2.19 bits per heavy atom. The maximum atomic E-state index is 5.55. The highest BCUT2D eigenvalue weighted by Gasteiger charge is 2.42. The maximum Gasteiger partial charge on any atom is 0.244 e. The smallest absolute Gasteiger partial charge is 0.244 e. The highest BCUT2D eigenvalue weighted by atomic mass is 16.5. The van der Waals surface area contributed by atoms with Crippen LogP contribution in [0.25, 0.3) is 0 Å². The van der Waals surface area contributed by atoms with Crippen molar-refractivity contribution in [2.45, 2.75) is 38.6 Å². The van der Waals surface area contributed by atoms with Crippen LogP contribution in [0.2, 0.25) is 0 Å². The van der Waals surface area contributed by atoms with Crippen LogP contribution in [0.4, 0.5) is 0 Å². The van der Waals surface area contributed by atoms with E-state index >= 15 is 0 Å². The standard InChI is InChI=1S/C17H21N3O/c1-11-5-2-3-6-12(11)9-15-19-17(21-20-15)16-14-8-4-7-13(14)10-18-16/h2-3,5-6,13-14,16,18H,4,7-10H2,1H3. The molecule has 1 aromatic heterocycles. The Bertz CT molecular complexity index is 636. The summed E-state index contributed by atoms with van der Waals surface area (Å²) in [7, 11) is 0. The molecule has 2 fully saturated rings. The van der Waals surface area contributed by atoms with Gasteiger partial charge in [-0.2, -0.15) is 4.98 Å². The minimum Gasteiger partial charge on any atom is -0.338 e. The normalized spacial score (nSPS) is 28.0. The fourth-order valence-electron chi connectivity index (χ4n) is 3.90. The number of nitrogens with one attached hydrogen (secondary N) is 1. The van der Waals surface area contributed by atoms with Crippen molar-refractivity contribution in [2.24, 2.45) is 11.8 Å². The second-order valence-corrected chi connectivity index (χ2v) is 6.39. The first-order valence-electron chi connectivity index (χ1n) is 7.91. The van der Waals surface area contributed by atoms with Gasteiger partial charge in [0.2, 0.25) is 5.89 Å². The fraction of sp³-hybridized carbons (Fsp3) is 0.529. The molecule has 2 heterocycles. The monoisotopic (exact) mass is 283 g/mol. The van der Waals surface area contributed by atoms with E-state index in [0.29, 0.717) is 5.92 Å². The molecule has 0 radical (unpaired) electrons. The first-order chi connectivity index (χ1) is 10.3. The molecule has 0 amide bonds. The average molecular weight is 283 g/mol. The first kappa shape index (κ1) is 13.0. The molecule has 3 atom stereocenters. The molecule has 2 aliphatic rings. The van der Waals surface area contributed by atoms with Gasteiger partial charge in [-0.25, -0.2) is 0 Å². The third-order valence-electron chi connectivity index (χ3n) is 5.11. The third-order valence-corrected chi connectivity index (χ3v) is 5.11. The van der Waals surface area contributed by atoms with Gasteiger partial charge < -0.3 is 9.84 Å². The van der Waals surface area contributed by atoms with Gasteiger partial charge in [0.05, 0.1) is 6.04 Å². The number of hydrogen-bond donors (Lipinski definition) is 1. The lowest BCUT2D eigenvalue weighted by Gasteiger charge is -2.13. The van der Waals surface area contributed by atoms with Gasteiger partial charge in [0.1, 0.15) is 0 Å². The molecule has 1 aliphatic heterocycles. The van der Waals surface area contributed by atoms with Crippen molar-refractivity contribution in [2.75, 3.05) is 6.54 Å². The first-order valence-corrected chi connectivity index (χ1v) is 7.91. The number of benzene rings is 1. The SMILES string of the molecule is Cc1ccccc1Cc1noc(C2NCC3CCCC32)n1. The summed E-state index contributed by atoms with van der Waals surface area (Å²) in [5, 5.41) is 7.75. The van der Waals surface area contributed by atoms with Gasteiger partial charge in [-0.1, -0.05) is 35.8 Å². The second kappa shape index (κ2) is 5.26. The Labute approximate surface area is 124 Å². The highest BCUT2D eigenvalue weighted by molar-refractivity contribution is 5.28. The molecule has 1 saturated heterocycles. The molecule has 0 spiro atoms. The maximum absolute atomic E-state index is 5.55. The van der Waals surface area contributed by atoms with Crippen LogP contribution in [0.15, 0.2) is 28.8 Å². The predicted molar refractivity (Wildman–Crippen MR) is 79.9 cm³/mol. The lowest BCUT2D eigenvalue weighted by molar-refractivity contribution is 0.301. The van der Waals surface area contributed by atoms with Crippen LogP contribution in [-0.2, 0) is 6.42 Å². The van der Waals surface area contributed by atoms with Crippen LogP contribution >= 0.6 is 0 Å². The van der Waals surface area contributed by atoms with E-state index in [9.17, 15) is 0 Å². The van der Waals surface area contributed by atoms with Gasteiger partial charge in [-0.05, 0) is 49.3 Å². The molecule has 4 nitrogen and oxygen atoms in total. The zero-order valence-electron chi connectivity index (χ0n) is 12.4. The lowest BCUT2D eigenvalue weighted by Crippen LogP contribution is -2.18. The largest absolute Gasteiger partial charge is 0.338 e. The number of hydrogen-bond acceptors (Lipinski definition) is 4. The summed E-state index contributed by atoms with van der Waals surface area (Å²) in [5.41, 5.74) is 2.54. The quantitative estimate of drug-likeness (QED) is 0.940. The van der Waals surface area contributed by atoms with Crippen LogP contribution in [0.3, 0.4) is 0 Å². The topological polar surface area (TPSA) is 51.0 Å². The number of fused-ring (bicyclic) bond motifs is 1. The number of aromatic nitrogens is 2. The van der Waals surface area contributed by atoms with Crippen molar-refractivity contribution in [3.8, 4) is 0 Å². The zero-order chi connectivity index (χ0) is 14.2. The van der Waals surface area contributed by atoms with Crippen molar-refractivity contribution < 1.29 is 4.52 Å².